The van der Waals surface area contributed by atoms with Gasteiger partial charge in [-0.2, -0.15) is 0 Å². The Morgan fingerprint density at radius 2 is 1.73 bits per heavy atom. The zero-order chi connectivity index (χ0) is 25.9. The van der Waals surface area contributed by atoms with Gasteiger partial charge in [0.1, 0.15) is 11.6 Å². The molecule has 0 aliphatic rings. The van der Waals surface area contributed by atoms with Crippen molar-refractivity contribution < 1.29 is 13.6 Å². The summed E-state index contributed by atoms with van der Waals surface area (Å²) in [6.07, 6.45) is 4.68. The number of rotatable bonds is 7. The quantitative estimate of drug-likeness (QED) is 0.285. The monoisotopic (exact) mass is 519 g/mol. The zero-order valence-corrected chi connectivity index (χ0v) is 20.0. The van der Waals surface area contributed by atoms with Crippen molar-refractivity contribution in [1.82, 2.24) is 25.3 Å². The summed E-state index contributed by atoms with van der Waals surface area (Å²) in [6, 6.07) is 12.4. The Morgan fingerprint density at radius 1 is 1.00 bits per heavy atom. The lowest BCUT2D eigenvalue weighted by atomic mass is 9.98. The van der Waals surface area contributed by atoms with Crippen LogP contribution in [0, 0.1) is 11.6 Å². The van der Waals surface area contributed by atoms with E-state index in [1.54, 1.807) is 36.5 Å². The molecule has 1 atom stereocenters. The molecular formula is C27H20ClF2N5O2. The first kappa shape index (κ1) is 24.3. The first-order valence-corrected chi connectivity index (χ1v) is 11.7. The molecule has 2 aromatic carbocycles. The molecule has 5 aromatic rings. The Hall–Kier alpha value is -4.37. The zero-order valence-electron chi connectivity index (χ0n) is 19.3. The fraction of sp³-hybridized carbons (Fsp3) is 0.111. The summed E-state index contributed by atoms with van der Waals surface area (Å²) in [4.78, 5) is 39.7. The van der Waals surface area contributed by atoms with Gasteiger partial charge in [0.15, 0.2) is 0 Å². The number of H-pyrrole nitrogens is 2. The first-order chi connectivity index (χ1) is 17.9. The average molecular weight is 520 g/mol. The summed E-state index contributed by atoms with van der Waals surface area (Å²) in [6.45, 7) is 0. The topological polar surface area (TPSA) is 104 Å². The summed E-state index contributed by atoms with van der Waals surface area (Å²) >= 11 is 6.04. The van der Waals surface area contributed by atoms with E-state index in [-0.39, 0.29) is 24.3 Å². The lowest BCUT2D eigenvalue weighted by molar-refractivity contribution is -0.121. The lowest BCUT2D eigenvalue weighted by Crippen LogP contribution is -2.32. The average Bonchev–Trinajstić information content (AvgIpc) is 3.25. The summed E-state index contributed by atoms with van der Waals surface area (Å²) in [7, 11) is 0. The second-order valence-electron chi connectivity index (χ2n) is 8.50. The number of aromatic nitrogens is 4. The summed E-state index contributed by atoms with van der Waals surface area (Å²) < 4.78 is 27.9. The SMILES string of the molecule is O=C(Cc1c[nH]c2ccc(=O)[nH]c12)N[C@@H](Cc1cc(F)cc(F)c1)c1nccnc1-c1ccc(Cl)cc1. The number of hydrogen-bond donors (Lipinski definition) is 3. The third-order valence-electron chi connectivity index (χ3n) is 5.86. The number of amides is 1. The molecule has 186 valence electrons. The molecule has 0 radical (unpaired) electrons. The second-order valence-corrected chi connectivity index (χ2v) is 8.94. The highest BCUT2D eigenvalue weighted by molar-refractivity contribution is 6.30. The van der Waals surface area contributed by atoms with Crippen LogP contribution in [0.3, 0.4) is 0 Å². The van der Waals surface area contributed by atoms with Gasteiger partial charge >= 0.3 is 0 Å². The molecule has 0 aliphatic heterocycles. The van der Waals surface area contributed by atoms with Crippen molar-refractivity contribution in [3.05, 3.63) is 117 Å². The van der Waals surface area contributed by atoms with Crippen molar-refractivity contribution in [3.8, 4) is 11.3 Å². The normalized spacial score (nSPS) is 12.0. The van der Waals surface area contributed by atoms with Crippen LogP contribution in [0.15, 0.2) is 78.0 Å². The van der Waals surface area contributed by atoms with Crippen LogP contribution in [-0.2, 0) is 17.6 Å². The summed E-state index contributed by atoms with van der Waals surface area (Å²) in [5, 5.41) is 3.49. The van der Waals surface area contributed by atoms with Crippen LogP contribution in [0.25, 0.3) is 22.3 Å². The minimum absolute atomic E-state index is 0.0511. The smallest absolute Gasteiger partial charge is 0.248 e. The van der Waals surface area contributed by atoms with Gasteiger partial charge in [0.2, 0.25) is 11.5 Å². The number of benzene rings is 2. The highest BCUT2D eigenvalue weighted by Crippen LogP contribution is 2.28. The van der Waals surface area contributed by atoms with Gasteiger partial charge in [0.05, 0.1) is 34.9 Å². The number of nitrogens with zero attached hydrogens (tertiary/aromatic N) is 2. The minimum Gasteiger partial charge on any atom is -0.360 e. The van der Waals surface area contributed by atoms with Gasteiger partial charge in [-0.1, -0.05) is 23.7 Å². The highest BCUT2D eigenvalue weighted by Gasteiger charge is 2.23. The van der Waals surface area contributed by atoms with Crippen LogP contribution in [0.2, 0.25) is 5.02 Å². The van der Waals surface area contributed by atoms with Gasteiger partial charge in [-0.25, -0.2) is 8.78 Å². The molecule has 0 bridgehead atoms. The molecular weight excluding hydrogens is 500 g/mol. The number of hydrogen-bond acceptors (Lipinski definition) is 4. The maximum atomic E-state index is 14.0. The van der Waals surface area contributed by atoms with E-state index >= 15 is 0 Å². The van der Waals surface area contributed by atoms with Crippen LogP contribution in [0.5, 0.6) is 0 Å². The van der Waals surface area contributed by atoms with Crippen LogP contribution < -0.4 is 10.9 Å². The van der Waals surface area contributed by atoms with E-state index in [2.05, 4.69) is 25.3 Å². The maximum Gasteiger partial charge on any atom is 0.248 e. The molecule has 3 N–H and O–H groups in total. The van der Waals surface area contributed by atoms with Gasteiger partial charge in [-0.15, -0.1) is 0 Å². The van der Waals surface area contributed by atoms with Gasteiger partial charge in [-0.3, -0.25) is 19.6 Å². The molecule has 0 fully saturated rings. The number of nitrogens with one attached hydrogen (secondary N) is 3. The van der Waals surface area contributed by atoms with E-state index in [0.717, 1.165) is 6.07 Å². The highest BCUT2D eigenvalue weighted by atomic mass is 35.5. The predicted molar refractivity (Wildman–Crippen MR) is 136 cm³/mol. The Labute approximate surface area is 214 Å². The number of carbonyl (C=O) groups excluding carboxylic acids is 1. The third kappa shape index (κ3) is 5.57. The van der Waals surface area contributed by atoms with E-state index in [1.165, 1.54) is 30.6 Å². The lowest BCUT2D eigenvalue weighted by Gasteiger charge is -2.21. The summed E-state index contributed by atoms with van der Waals surface area (Å²) in [5.41, 5.74) is 3.51. The van der Waals surface area contributed by atoms with Crippen molar-refractivity contribution in [1.29, 1.82) is 0 Å². The van der Waals surface area contributed by atoms with Crippen LogP contribution >= 0.6 is 11.6 Å². The molecule has 10 heteroatoms. The van der Waals surface area contributed by atoms with E-state index in [9.17, 15) is 18.4 Å². The standard InChI is InChI=1S/C27H20ClF2N5O2/c28-18-3-1-16(2-4-18)26-27(32-8-7-31-26)22(11-15-9-19(29)13-20(30)10-15)34-24(37)12-17-14-33-21-5-6-23(36)35-25(17)21/h1-10,13-14,22,33H,11-12H2,(H,34,37)(H,35,36)/t22-/m0/s1. The number of halogens is 3. The van der Waals surface area contributed by atoms with Crippen molar-refractivity contribution in [2.75, 3.05) is 0 Å². The minimum atomic E-state index is -0.766. The largest absolute Gasteiger partial charge is 0.360 e. The fourth-order valence-corrected chi connectivity index (χ4v) is 4.38. The Kier molecular flexibility index (Phi) is 6.78. The van der Waals surface area contributed by atoms with E-state index < -0.39 is 17.7 Å². The van der Waals surface area contributed by atoms with Crippen molar-refractivity contribution >= 4 is 28.5 Å². The number of carbonyl (C=O) groups is 1. The van der Waals surface area contributed by atoms with Crippen molar-refractivity contribution in [2.24, 2.45) is 0 Å². The maximum absolute atomic E-state index is 14.0. The number of pyridine rings is 1. The number of fused-ring (bicyclic) bond motifs is 1. The second kappa shape index (κ2) is 10.3. The van der Waals surface area contributed by atoms with E-state index in [4.69, 9.17) is 11.6 Å². The number of aromatic amines is 2. The fourth-order valence-electron chi connectivity index (χ4n) is 4.26. The van der Waals surface area contributed by atoms with Crippen molar-refractivity contribution in [3.63, 3.8) is 0 Å². The van der Waals surface area contributed by atoms with Gasteiger partial charge in [0.25, 0.3) is 0 Å². The van der Waals surface area contributed by atoms with Gasteiger partial charge in [-0.05, 0) is 42.3 Å². The van der Waals surface area contributed by atoms with Crippen LogP contribution in [0.4, 0.5) is 8.78 Å². The molecule has 1 amide bonds. The summed E-state index contributed by atoms with van der Waals surface area (Å²) in [5.74, 6) is -1.82. The predicted octanol–water partition coefficient (Wildman–Crippen LogP) is 4.89. The molecule has 3 aromatic heterocycles. The third-order valence-corrected chi connectivity index (χ3v) is 6.12. The molecule has 0 aliphatic carbocycles. The first-order valence-electron chi connectivity index (χ1n) is 11.4. The molecule has 7 nitrogen and oxygen atoms in total. The van der Waals surface area contributed by atoms with E-state index in [1.807, 2.05) is 0 Å². The molecule has 3 heterocycles. The molecule has 0 unspecified atom stereocenters. The molecule has 0 saturated heterocycles. The molecule has 0 saturated carbocycles. The van der Waals surface area contributed by atoms with Gasteiger partial charge in [0, 0.05) is 46.9 Å². The Morgan fingerprint density at radius 3 is 2.49 bits per heavy atom. The Bertz CT molecular complexity index is 1630. The molecule has 0 spiro atoms. The van der Waals surface area contributed by atoms with Crippen LogP contribution in [-0.4, -0.2) is 25.8 Å². The van der Waals surface area contributed by atoms with Gasteiger partial charge < -0.3 is 15.3 Å². The Balaban J connectivity index is 1.50. The molecule has 5 rings (SSSR count). The van der Waals surface area contributed by atoms with Crippen LogP contribution in [0.1, 0.15) is 22.9 Å². The van der Waals surface area contributed by atoms with Crippen molar-refractivity contribution in [2.45, 2.75) is 18.9 Å². The molecule has 37 heavy (non-hydrogen) atoms. The van der Waals surface area contributed by atoms with E-state index in [0.29, 0.717) is 44.1 Å².